The summed E-state index contributed by atoms with van der Waals surface area (Å²) in [5, 5.41) is 19.5. The van der Waals surface area contributed by atoms with Crippen molar-refractivity contribution in [3.8, 4) is 5.75 Å². The third kappa shape index (κ3) is 4.82. The molecule has 1 unspecified atom stereocenters. The van der Waals surface area contributed by atoms with Crippen molar-refractivity contribution < 1.29 is 14.7 Å². The summed E-state index contributed by atoms with van der Waals surface area (Å²) in [4.78, 5) is 24.7. The average molecular weight is 428 g/mol. The Morgan fingerprint density at radius 1 is 1.27 bits per heavy atom. The van der Waals surface area contributed by atoms with Crippen LogP contribution in [0, 0.1) is 6.92 Å². The minimum atomic E-state index is -0.245. The number of aromatic hydroxyl groups is 1. The number of phenolic OH excluding ortho intramolecular Hbond substituents is 1. The van der Waals surface area contributed by atoms with Crippen molar-refractivity contribution >= 4 is 34.8 Å². The number of hydrogen-bond acceptors (Lipinski definition) is 4. The van der Waals surface area contributed by atoms with Gasteiger partial charge in [0.2, 0.25) is 11.8 Å². The number of hydrazone groups is 1. The zero-order chi connectivity index (χ0) is 22.0. The fraction of sp³-hybridized carbons (Fsp3) is 0.348. The Labute approximate surface area is 181 Å². The second kappa shape index (κ2) is 8.88. The van der Waals surface area contributed by atoms with Gasteiger partial charge in [-0.25, -0.2) is 5.01 Å². The van der Waals surface area contributed by atoms with Crippen LogP contribution in [0.2, 0.25) is 5.02 Å². The van der Waals surface area contributed by atoms with Crippen LogP contribution >= 0.6 is 11.6 Å². The number of benzene rings is 2. The van der Waals surface area contributed by atoms with E-state index in [9.17, 15) is 14.7 Å². The van der Waals surface area contributed by atoms with Crippen LogP contribution in [0.4, 0.5) is 5.69 Å². The van der Waals surface area contributed by atoms with E-state index in [1.807, 2.05) is 39.0 Å². The molecule has 0 radical (unpaired) electrons. The molecule has 158 valence electrons. The Bertz CT molecular complexity index is 999. The van der Waals surface area contributed by atoms with Gasteiger partial charge in [-0.1, -0.05) is 37.6 Å². The van der Waals surface area contributed by atoms with E-state index in [0.29, 0.717) is 22.8 Å². The topological polar surface area (TPSA) is 82.0 Å². The summed E-state index contributed by atoms with van der Waals surface area (Å²) in [7, 11) is 0. The van der Waals surface area contributed by atoms with Gasteiger partial charge in [0.1, 0.15) is 5.75 Å². The van der Waals surface area contributed by atoms with Crippen LogP contribution in [-0.4, -0.2) is 27.6 Å². The fourth-order valence-electron chi connectivity index (χ4n) is 3.60. The molecule has 1 aliphatic rings. The van der Waals surface area contributed by atoms with E-state index in [1.54, 1.807) is 18.2 Å². The van der Waals surface area contributed by atoms with Gasteiger partial charge in [0.15, 0.2) is 0 Å². The zero-order valence-electron chi connectivity index (χ0n) is 17.6. The molecular weight excluding hydrogens is 402 g/mol. The normalized spacial score (nSPS) is 16.0. The van der Waals surface area contributed by atoms with E-state index in [-0.39, 0.29) is 35.9 Å². The van der Waals surface area contributed by atoms with Crippen LogP contribution in [0.3, 0.4) is 0 Å². The molecule has 0 aromatic heterocycles. The van der Waals surface area contributed by atoms with Crippen molar-refractivity contribution in [2.45, 2.75) is 52.5 Å². The van der Waals surface area contributed by atoms with Gasteiger partial charge >= 0.3 is 0 Å². The van der Waals surface area contributed by atoms with Crippen LogP contribution in [0.1, 0.15) is 62.3 Å². The number of halogens is 1. The van der Waals surface area contributed by atoms with Crippen molar-refractivity contribution in [3.63, 3.8) is 0 Å². The van der Waals surface area contributed by atoms with Gasteiger partial charge in [-0.05, 0) is 53.8 Å². The van der Waals surface area contributed by atoms with Crippen LogP contribution in [0.25, 0.3) is 0 Å². The van der Waals surface area contributed by atoms with Gasteiger partial charge in [-0.2, -0.15) is 5.10 Å². The second-order valence-electron chi connectivity index (χ2n) is 7.91. The molecule has 7 heteroatoms. The number of anilines is 1. The maximum absolute atomic E-state index is 12.7. The van der Waals surface area contributed by atoms with Gasteiger partial charge in [0.05, 0.1) is 18.2 Å². The van der Waals surface area contributed by atoms with Gasteiger partial charge in [-0.3, -0.25) is 9.59 Å². The Hall–Kier alpha value is -2.86. The van der Waals surface area contributed by atoms with Gasteiger partial charge in [-0.15, -0.1) is 0 Å². The number of amides is 2. The molecule has 1 heterocycles. The van der Waals surface area contributed by atoms with Crippen molar-refractivity contribution in [3.05, 3.63) is 58.1 Å². The number of hydrogen-bond donors (Lipinski definition) is 2. The molecule has 2 amide bonds. The third-order valence-corrected chi connectivity index (χ3v) is 5.44. The highest BCUT2D eigenvalue weighted by atomic mass is 35.5. The van der Waals surface area contributed by atoms with Crippen LogP contribution in [-0.2, 0) is 9.59 Å². The summed E-state index contributed by atoms with van der Waals surface area (Å²) in [6, 6.07) is 10.5. The first kappa shape index (κ1) is 21.8. The lowest BCUT2D eigenvalue weighted by atomic mass is 9.98. The summed E-state index contributed by atoms with van der Waals surface area (Å²) in [5.41, 5.74) is 3.79. The lowest BCUT2D eigenvalue weighted by molar-refractivity contribution is -0.130. The summed E-state index contributed by atoms with van der Waals surface area (Å²) in [6.07, 6.45) is 0.575. The Morgan fingerprint density at radius 3 is 2.53 bits per heavy atom. The summed E-state index contributed by atoms with van der Waals surface area (Å²) in [5.74, 6) is -0.0351. The number of carbonyl (C=O) groups excluding carboxylic acids is 2. The molecule has 2 aromatic carbocycles. The highest BCUT2D eigenvalue weighted by Crippen LogP contribution is 2.33. The SMILES string of the molecule is CC(=O)N1N=C(CC(=O)Nc2cc(C(C)C)c(O)cc2C)CC1c1ccc(Cl)cc1. The first-order valence-corrected chi connectivity index (χ1v) is 10.3. The third-order valence-electron chi connectivity index (χ3n) is 5.19. The molecule has 2 aromatic rings. The summed E-state index contributed by atoms with van der Waals surface area (Å²) < 4.78 is 0. The molecule has 2 N–H and O–H groups in total. The van der Waals surface area contributed by atoms with E-state index >= 15 is 0 Å². The molecule has 30 heavy (non-hydrogen) atoms. The van der Waals surface area contributed by atoms with Crippen molar-refractivity contribution in [2.24, 2.45) is 5.10 Å². The van der Waals surface area contributed by atoms with Crippen LogP contribution < -0.4 is 5.32 Å². The molecule has 0 bridgehead atoms. The second-order valence-corrected chi connectivity index (χ2v) is 8.34. The Kier molecular flexibility index (Phi) is 6.46. The quantitative estimate of drug-likeness (QED) is 0.647. The van der Waals surface area contributed by atoms with Crippen molar-refractivity contribution in [2.75, 3.05) is 5.32 Å². The first-order valence-electron chi connectivity index (χ1n) is 9.90. The number of nitrogens with one attached hydrogen (secondary N) is 1. The van der Waals surface area contributed by atoms with Crippen LogP contribution in [0.5, 0.6) is 5.75 Å². The largest absolute Gasteiger partial charge is 0.508 e. The molecule has 6 nitrogen and oxygen atoms in total. The molecule has 0 saturated carbocycles. The number of phenols is 1. The Morgan fingerprint density at radius 2 is 1.93 bits per heavy atom. The smallest absolute Gasteiger partial charge is 0.240 e. The molecule has 3 rings (SSSR count). The van der Waals surface area contributed by atoms with E-state index in [0.717, 1.165) is 16.7 Å². The standard InChI is InChI=1S/C23H26ClN3O3/c1-13(2)19-12-20(14(3)9-22(19)29)25-23(30)11-18-10-21(27(26-18)15(4)28)16-5-7-17(24)8-6-16/h5-9,12-13,21,29H,10-11H2,1-4H3,(H,25,30). The van der Waals surface area contributed by atoms with E-state index < -0.39 is 0 Å². The molecule has 1 aliphatic heterocycles. The maximum atomic E-state index is 12.7. The number of carbonyl (C=O) groups is 2. The van der Waals surface area contributed by atoms with Crippen molar-refractivity contribution in [1.82, 2.24) is 5.01 Å². The molecule has 0 aliphatic carbocycles. The van der Waals surface area contributed by atoms with Crippen LogP contribution in [0.15, 0.2) is 41.5 Å². The van der Waals surface area contributed by atoms with Gasteiger partial charge in [0.25, 0.3) is 0 Å². The van der Waals surface area contributed by atoms with E-state index in [2.05, 4.69) is 10.4 Å². The fourth-order valence-corrected chi connectivity index (χ4v) is 3.73. The first-order chi connectivity index (χ1) is 14.2. The lowest BCUT2D eigenvalue weighted by Crippen LogP contribution is -2.24. The number of aryl methyl sites for hydroxylation is 1. The Balaban J connectivity index is 1.74. The lowest BCUT2D eigenvalue weighted by Gasteiger charge is -2.20. The van der Waals surface area contributed by atoms with Gasteiger partial charge in [0, 0.05) is 24.1 Å². The minimum absolute atomic E-state index is 0.0885. The maximum Gasteiger partial charge on any atom is 0.240 e. The number of nitrogens with zero attached hydrogens (tertiary/aromatic N) is 2. The van der Waals surface area contributed by atoms with Crippen molar-refractivity contribution in [1.29, 1.82) is 0 Å². The van der Waals surface area contributed by atoms with E-state index in [1.165, 1.54) is 11.9 Å². The molecule has 0 saturated heterocycles. The van der Waals surface area contributed by atoms with E-state index in [4.69, 9.17) is 11.6 Å². The molecule has 0 fully saturated rings. The highest BCUT2D eigenvalue weighted by Gasteiger charge is 2.31. The number of rotatable bonds is 5. The summed E-state index contributed by atoms with van der Waals surface area (Å²) >= 11 is 5.97. The monoisotopic (exact) mass is 427 g/mol. The summed E-state index contributed by atoms with van der Waals surface area (Å²) in [6.45, 7) is 7.26. The molecular formula is C23H26ClN3O3. The minimum Gasteiger partial charge on any atom is -0.508 e. The predicted molar refractivity (Wildman–Crippen MR) is 119 cm³/mol. The zero-order valence-corrected chi connectivity index (χ0v) is 18.3. The molecule has 0 spiro atoms. The molecule has 1 atom stereocenters. The average Bonchev–Trinajstić information content (AvgIpc) is 3.08. The highest BCUT2D eigenvalue weighted by molar-refractivity contribution is 6.30. The van der Waals surface area contributed by atoms with Gasteiger partial charge < -0.3 is 10.4 Å². The predicted octanol–water partition coefficient (Wildman–Crippen LogP) is 5.16.